The van der Waals surface area contributed by atoms with Crippen molar-refractivity contribution in [3.05, 3.63) is 47.7 Å². The van der Waals surface area contributed by atoms with Gasteiger partial charge in [0, 0.05) is 50.1 Å². The van der Waals surface area contributed by atoms with Crippen LogP contribution in [0.3, 0.4) is 0 Å². The van der Waals surface area contributed by atoms with Crippen molar-refractivity contribution in [3.8, 4) is 0 Å². The number of allylic oxidation sites excluding steroid dienone is 1. The van der Waals surface area contributed by atoms with Gasteiger partial charge < -0.3 is 9.80 Å². The second kappa shape index (κ2) is 5.80. The van der Waals surface area contributed by atoms with Gasteiger partial charge in [-0.25, -0.2) is 0 Å². The van der Waals surface area contributed by atoms with E-state index in [4.69, 9.17) is 0 Å². The van der Waals surface area contributed by atoms with Gasteiger partial charge in [0.05, 0.1) is 0 Å². The van der Waals surface area contributed by atoms with Gasteiger partial charge in [0.25, 0.3) is 0 Å². The minimum Gasteiger partial charge on any atom is -0.373 e. The van der Waals surface area contributed by atoms with Crippen molar-refractivity contribution >= 4 is 5.78 Å². The Kier molecular flexibility index (Phi) is 3.88. The van der Waals surface area contributed by atoms with Gasteiger partial charge in [0.15, 0.2) is 5.78 Å². The average molecular weight is 270 g/mol. The van der Waals surface area contributed by atoms with Gasteiger partial charge >= 0.3 is 0 Å². The van der Waals surface area contributed by atoms with Gasteiger partial charge in [-0.1, -0.05) is 24.3 Å². The van der Waals surface area contributed by atoms with Crippen LogP contribution in [0.5, 0.6) is 0 Å². The molecule has 20 heavy (non-hydrogen) atoms. The second-order valence-corrected chi connectivity index (χ2v) is 5.81. The van der Waals surface area contributed by atoms with E-state index < -0.39 is 0 Å². The molecule has 3 saturated heterocycles. The van der Waals surface area contributed by atoms with Gasteiger partial charge in [-0.15, -0.1) is 0 Å². The van der Waals surface area contributed by atoms with Crippen molar-refractivity contribution in [3.63, 3.8) is 0 Å². The number of rotatable bonds is 3. The number of hydrogen-bond donors (Lipinski definition) is 0. The number of carbonyl (C=O) groups excluding carboxylic acids is 1. The molecule has 4 rings (SSSR count). The molecule has 0 unspecified atom stereocenters. The minimum atomic E-state index is 0.113. The Morgan fingerprint density at radius 3 is 2.65 bits per heavy atom. The number of fused-ring (bicyclic) bond motifs is 4. The number of nitrogens with zero attached hydrogens (tertiary/aromatic N) is 2. The lowest BCUT2D eigenvalue weighted by Gasteiger charge is -2.30. The molecular formula is C17H22N2O. The van der Waals surface area contributed by atoms with Crippen LogP contribution >= 0.6 is 0 Å². The van der Waals surface area contributed by atoms with Crippen LogP contribution in [0, 0.1) is 6.92 Å². The quantitative estimate of drug-likeness (QED) is 0.623. The first-order valence-corrected chi connectivity index (χ1v) is 7.50. The van der Waals surface area contributed by atoms with E-state index in [9.17, 15) is 4.79 Å². The Balaban J connectivity index is 1.70. The molecule has 3 heteroatoms. The van der Waals surface area contributed by atoms with Crippen LogP contribution in [0.15, 0.2) is 36.5 Å². The van der Waals surface area contributed by atoms with E-state index in [2.05, 4.69) is 9.80 Å². The first-order valence-electron chi connectivity index (χ1n) is 7.50. The van der Waals surface area contributed by atoms with E-state index in [-0.39, 0.29) is 5.78 Å². The smallest absolute Gasteiger partial charge is 0.187 e. The first-order chi connectivity index (χ1) is 9.74. The van der Waals surface area contributed by atoms with E-state index in [0.717, 1.165) is 24.2 Å². The molecule has 0 aliphatic carbocycles. The summed E-state index contributed by atoms with van der Waals surface area (Å²) < 4.78 is 0. The maximum absolute atomic E-state index is 12.3. The summed E-state index contributed by atoms with van der Waals surface area (Å²) in [7, 11) is 0. The summed E-state index contributed by atoms with van der Waals surface area (Å²) in [5, 5.41) is 0. The molecule has 2 bridgehead atoms. The molecular weight excluding hydrogens is 248 g/mol. The molecule has 3 fully saturated rings. The van der Waals surface area contributed by atoms with Crippen molar-refractivity contribution in [2.75, 3.05) is 26.2 Å². The Morgan fingerprint density at radius 2 is 1.90 bits per heavy atom. The maximum Gasteiger partial charge on any atom is 0.187 e. The number of hydrogen-bond acceptors (Lipinski definition) is 3. The average Bonchev–Trinajstić information content (AvgIpc) is 2.78. The molecule has 0 spiro atoms. The molecule has 0 saturated carbocycles. The van der Waals surface area contributed by atoms with Crippen LogP contribution in [-0.4, -0.2) is 47.8 Å². The normalized spacial score (nSPS) is 25.9. The molecule has 3 aliphatic heterocycles. The fourth-order valence-corrected chi connectivity index (χ4v) is 3.21. The second-order valence-electron chi connectivity index (χ2n) is 5.81. The van der Waals surface area contributed by atoms with Gasteiger partial charge in [0.2, 0.25) is 0 Å². The third-order valence-electron chi connectivity index (χ3n) is 4.53. The van der Waals surface area contributed by atoms with Crippen molar-refractivity contribution in [2.24, 2.45) is 0 Å². The molecule has 1 aromatic rings. The monoisotopic (exact) mass is 270 g/mol. The van der Waals surface area contributed by atoms with Crippen molar-refractivity contribution < 1.29 is 4.79 Å². The highest BCUT2D eigenvalue weighted by Gasteiger charge is 2.27. The topological polar surface area (TPSA) is 23.6 Å². The lowest BCUT2D eigenvalue weighted by Crippen LogP contribution is -2.35. The molecule has 0 amide bonds. The van der Waals surface area contributed by atoms with Crippen LogP contribution in [0.4, 0.5) is 0 Å². The van der Waals surface area contributed by atoms with Gasteiger partial charge in [-0.2, -0.15) is 0 Å². The van der Waals surface area contributed by atoms with E-state index in [1.807, 2.05) is 37.4 Å². The van der Waals surface area contributed by atoms with Gasteiger partial charge in [0.1, 0.15) is 0 Å². The zero-order valence-corrected chi connectivity index (χ0v) is 12.1. The number of benzene rings is 1. The third-order valence-corrected chi connectivity index (χ3v) is 4.53. The highest BCUT2D eigenvalue weighted by atomic mass is 16.1. The predicted octanol–water partition coefficient (Wildman–Crippen LogP) is 2.47. The van der Waals surface area contributed by atoms with Crippen LogP contribution in [0.1, 0.15) is 28.8 Å². The predicted molar refractivity (Wildman–Crippen MR) is 80.8 cm³/mol. The summed E-state index contributed by atoms with van der Waals surface area (Å²) in [6.45, 7) is 6.57. The Hall–Kier alpha value is -1.61. The molecule has 106 valence electrons. The fourth-order valence-electron chi connectivity index (χ4n) is 3.21. The zero-order valence-electron chi connectivity index (χ0n) is 12.1. The van der Waals surface area contributed by atoms with Crippen LogP contribution < -0.4 is 0 Å². The van der Waals surface area contributed by atoms with Crippen molar-refractivity contribution in [1.82, 2.24) is 9.80 Å². The van der Waals surface area contributed by atoms with E-state index >= 15 is 0 Å². The number of ketones is 1. The van der Waals surface area contributed by atoms with Crippen molar-refractivity contribution in [1.29, 1.82) is 0 Å². The number of piperidine rings is 1. The maximum atomic E-state index is 12.3. The Bertz CT molecular complexity index is 515. The van der Waals surface area contributed by atoms with Crippen LogP contribution in [0.2, 0.25) is 0 Å². The highest BCUT2D eigenvalue weighted by Crippen LogP contribution is 2.21. The van der Waals surface area contributed by atoms with Gasteiger partial charge in [-0.3, -0.25) is 4.79 Å². The largest absolute Gasteiger partial charge is 0.373 e. The molecule has 0 radical (unpaired) electrons. The Labute approximate surface area is 120 Å². The summed E-state index contributed by atoms with van der Waals surface area (Å²) in [5.41, 5.74) is 1.86. The number of carbonyl (C=O) groups is 1. The third kappa shape index (κ3) is 2.78. The molecule has 3 heterocycles. The summed E-state index contributed by atoms with van der Waals surface area (Å²) in [5.74, 6) is 0.113. The lowest BCUT2D eigenvalue weighted by molar-refractivity contribution is 0.104. The summed E-state index contributed by atoms with van der Waals surface area (Å²) >= 11 is 0. The minimum absolute atomic E-state index is 0.113. The standard InChI is InChI=1S/C17H22N2O/c1-14-4-2-3-5-16(14)17(20)8-11-19-13-12-18-9-6-15(19)7-10-18/h2-5,8,11,15H,6-7,9-10,12-13H2,1H3. The fraction of sp³-hybridized carbons (Fsp3) is 0.471. The highest BCUT2D eigenvalue weighted by molar-refractivity contribution is 6.05. The van der Waals surface area contributed by atoms with E-state index in [0.29, 0.717) is 6.04 Å². The molecule has 1 aromatic carbocycles. The van der Waals surface area contributed by atoms with Gasteiger partial charge in [-0.05, 0) is 25.3 Å². The Morgan fingerprint density at radius 1 is 1.15 bits per heavy atom. The van der Waals surface area contributed by atoms with Crippen molar-refractivity contribution in [2.45, 2.75) is 25.8 Å². The first kappa shape index (κ1) is 13.4. The van der Waals surface area contributed by atoms with E-state index in [1.54, 1.807) is 6.08 Å². The molecule has 3 nitrogen and oxygen atoms in total. The molecule has 0 aromatic heterocycles. The molecule has 3 aliphatic rings. The SMILES string of the molecule is Cc1ccccc1C(=O)C=CN1CCN2CCC1CC2. The molecule has 0 N–H and O–H groups in total. The summed E-state index contributed by atoms with van der Waals surface area (Å²) in [6, 6.07) is 8.41. The molecule has 0 atom stereocenters. The lowest BCUT2D eigenvalue weighted by atomic mass is 10.0. The number of aryl methyl sites for hydroxylation is 1. The summed E-state index contributed by atoms with van der Waals surface area (Å²) in [4.78, 5) is 17.2. The van der Waals surface area contributed by atoms with E-state index in [1.165, 1.54) is 25.9 Å². The van der Waals surface area contributed by atoms with Crippen LogP contribution in [0.25, 0.3) is 0 Å². The zero-order chi connectivity index (χ0) is 13.9. The summed E-state index contributed by atoms with van der Waals surface area (Å²) in [6.07, 6.45) is 6.22. The van der Waals surface area contributed by atoms with Crippen LogP contribution in [-0.2, 0) is 0 Å².